The Kier molecular flexibility index (Phi) is 8.42. The molecule has 14 heteroatoms. The van der Waals surface area contributed by atoms with E-state index in [4.69, 9.17) is 9.78 Å². The fourth-order valence-corrected chi connectivity index (χ4v) is 7.90. The van der Waals surface area contributed by atoms with Gasteiger partial charge in [-0.25, -0.2) is 0 Å². The van der Waals surface area contributed by atoms with Gasteiger partial charge in [-0.05, 0) is 49.1 Å². The molecule has 47 heavy (non-hydrogen) atoms. The summed E-state index contributed by atoms with van der Waals surface area (Å²) in [6, 6.07) is -0.113. The van der Waals surface area contributed by atoms with Crippen LogP contribution in [0.4, 0.5) is 0 Å². The van der Waals surface area contributed by atoms with Crippen molar-refractivity contribution in [2.24, 2.45) is 17.8 Å². The summed E-state index contributed by atoms with van der Waals surface area (Å²) in [7, 11) is 0. The monoisotopic (exact) mass is 669 g/mol. The number of carbonyl (C=O) groups is 2. The number of aromatic amines is 1. The number of carbonyl (C=O) groups excluding carboxylic acids is 1. The van der Waals surface area contributed by atoms with Crippen molar-refractivity contribution in [1.29, 1.82) is 0 Å². The number of carboxylic acids is 1. The third-order valence-corrected chi connectivity index (χ3v) is 10.6. The topological polar surface area (TPSA) is 205 Å². The molecule has 5 aliphatic heterocycles. The second-order valence-corrected chi connectivity index (χ2v) is 14.1. The fraction of sp³-hybridized carbons (Fsp3) is 0.515. The highest BCUT2D eigenvalue weighted by Gasteiger charge is 2.62. The number of nitrogens with zero attached hydrogens (tertiary/aromatic N) is 1. The number of hydrazine groups is 1. The first-order valence-electron chi connectivity index (χ1n) is 15.8. The lowest BCUT2D eigenvalue weighted by atomic mass is 9.89. The molecular formula is C33H43N5O8S. The van der Waals surface area contributed by atoms with E-state index in [0.29, 0.717) is 23.4 Å². The van der Waals surface area contributed by atoms with E-state index in [1.165, 1.54) is 0 Å². The van der Waals surface area contributed by atoms with Crippen LogP contribution in [0.25, 0.3) is 6.08 Å². The SMILES string of the molecule is C=CC1=C(O)N[C@H](Cc2[nH]c(/C=C3/C([C@@H](O)CC4(O)OO4)=C(C)[C@]4(/C=C5\NC(=O)[C@H](C)[C@H]5[C@H](C)S)NN34)c(CCC(=O)O)c2C)C1C. The van der Waals surface area contributed by atoms with Gasteiger partial charge in [-0.1, -0.05) is 33.4 Å². The van der Waals surface area contributed by atoms with E-state index >= 15 is 0 Å². The number of fused-ring (bicyclic) bond motifs is 1. The molecular weight excluding hydrogens is 626 g/mol. The summed E-state index contributed by atoms with van der Waals surface area (Å²) in [5.74, 6) is -3.22. The zero-order chi connectivity index (χ0) is 34.2. The molecule has 0 radical (unpaired) electrons. The lowest BCUT2D eigenvalue weighted by Crippen LogP contribution is -2.30. The van der Waals surface area contributed by atoms with Gasteiger partial charge in [0, 0.05) is 70.1 Å². The van der Waals surface area contributed by atoms with Crippen molar-refractivity contribution in [3.63, 3.8) is 0 Å². The van der Waals surface area contributed by atoms with Gasteiger partial charge in [0.25, 0.3) is 0 Å². The minimum absolute atomic E-state index is 0.00247. The smallest absolute Gasteiger partial charge is 0.340 e. The van der Waals surface area contributed by atoms with Crippen molar-refractivity contribution in [2.75, 3.05) is 0 Å². The predicted molar refractivity (Wildman–Crippen MR) is 175 cm³/mol. The number of nitrogens with one attached hydrogen (secondary N) is 4. The molecule has 6 rings (SSSR count). The van der Waals surface area contributed by atoms with Crippen LogP contribution in [0, 0.1) is 24.7 Å². The summed E-state index contributed by atoms with van der Waals surface area (Å²) in [5, 5.41) is 49.7. The molecule has 1 aromatic rings. The largest absolute Gasteiger partial charge is 0.495 e. The lowest BCUT2D eigenvalue weighted by Gasteiger charge is -2.19. The Labute approximate surface area is 278 Å². The van der Waals surface area contributed by atoms with Crippen LogP contribution < -0.4 is 16.1 Å². The number of H-pyrrole nitrogens is 1. The van der Waals surface area contributed by atoms with Crippen LogP contribution in [0.15, 0.2) is 52.7 Å². The molecule has 0 saturated carbocycles. The predicted octanol–water partition coefficient (Wildman–Crippen LogP) is 2.58. The van der Waals surface area contributed by atoms with Gasteiger partial charge >= 0.3 is 11.9 Å². The quantitative estimate of drug-likeness (QED) is 0.0899. The molecule has 0 aromatic carbocycles. The molecule has 7 atom stereocenters. The van der Waals surface area contributed by atoms with Gasteiger partial charge in [0.2, 0.25) is 5.91 Å². The maximum atomic E-state index is 12.7. The van der Waals surface area contributed by atoms with Gasteiger partial charge in [0.05, 0.1) is 18.2 Å². The average Bonchev–Trinajstić information content (AvgIpc) is 3.78. The molecule has 6 heterocycles. The summed E-state index contributed by atoms with van der Waals surface area (Å²) in [6.07, 6.45) is 4.76. The van der Waals surface area contributed by atoms with Crippen molar-refractivity contribution in [3.8, 4) is 0 Å². The summed E-state index contributed by atoms with van der Waals surface area (Å²) < 4.78 is 0. The second kappa shape index (κ2) is 11.9. The Bertz CT molecular complexity index is 1660. The summed E-state index contributed by atoms with van der Waals surface area (Å²) in [5.41, 5.74) is 9.21. The van der Waals surface area contributed by atoms with E-state index in [1.807, 2.05) is 51.8 Å². The number of thiol groups is 1. The van der Waals surface area contributed by atoms with Gasteiger partial charge in [0.1, 0.15) is 0 Å². The molecule has 3 saturated heterocycles. The van der Waals surface area contributed by atoms with Gasteiger partial charge in [-0.3, -0.25) is 14.6 Å². The Morgan fingerprint density at radius 2 is 1.94 bits per heavy atom. The number of aliphatic hydroxyl groups is 3. The zero-order valence-electron chi connectivity index (χ0n) is 27.0. The van der Waals surface area contributed by atoms with Crippen molar-refractivity contribution < 1.29 is 39.8 Å². The van der Waals surface area contributed by atoms with Gasteiger partial charge in [-0.15, -0.1) is 0 Å². The highest BCUT2D eigenvalue weighted by Crippen LogP contribution is 2.53. The number of aromatic nitrogens is 1. The molecule has 3 fully saturated rings. The van der Waals surface area contributed by atoms with Crippen molar-refractivity contribution in [3.05, 3.63) is 75.2 Å². The Morgan fingerprint density at radius 3 is 2.53 bits per heavy atom. The first-order valence-corrected chi connectivity index (χ1v) is 16.4. The van der Waals surface area contributed by atoms with Crippen molar-refractivity contribution >= 4 is 30.6 Å². The molecule has 1 unspecified atom stereocenters. The first kappa shape index (κ1) is 33.4. The van der Waals surface area contributed by atoms with Crippen LogP contribution in [0.3, 0.4) is 0 Å². The molecule has 1 aromatic heterocycles. The summed E-state index contributed by atoms with van der Waals surface area (Å²) >= 11 is 4.66. The van der Waals surface area contributed by atoms with Gasteiger partial charge in [0.15, 0.2) is 11.5 Å². The second-order valence-electron chi connectivity index (χ2n) is 13.3. The van der Waals surface area contributed by atoms with Crippen LogP contribution in [-0.2, 0) is 32.2 Å². The zero-order valence-corrected chi connectivity index (χ0v) is 27.9. The molecule has 0 spiro atoms. The van der Waals surface area contributed by atoms with E-state index < -0.39 is 23.7 Å². The molecule has 0 aliphatic carbocycles. The number of carboxylic acid groups (broad SMARTS) is 1. The molecule has 13 nitrogen and oxygen atoms in total. The highest BCUT2D eigenvalue weighted by atomic mass is 32.1. The normalized spacial score (nSPS) is 32.2. The fourth-order valence-electron chi connectivity index (χ4n) is 7.48. The van der Waals surface area contributed by atoms with E-state index in [-0.39, 0.29) is 60.1 Å². The van der Waals surface area contributed by atoms with Crippen LogP contribution in [0.1, 0.15) is 63.1 Å². The number of rotatable bonds is 12. The maximum Gasteiger partial charge on any atom is 0.340 e. The number of hydrogen-bond acceptors (Lipinski definition) is 11. The Morgan fingerprint density at radius 1 is 1.23 bits per heavy atom. The molecule has 0 bridgehead atoms. The van der Waals surface area contributed by atoms with Gasteiger partial charge in [-0.2, -0.15) is 27.8 Å². The third kappa shape index (κ3) is 5.80. The third-order valence-electron chi connectivity index (χ3n) is 10.3. The Balaban J connectivity index is 1.41. The standard InChI is InChI=1S/C33H43N5O8S/c1-7-19-14(2)22(35-31(19)43)10-21-15(3)20(8-9-27(40)41)23(34-21)11-25-29(26(39)13-33(44)45-46-33)17(5)32(37-38(25)32)12-24-28(18(6)47)16(4)30(42)36-24/h7,11-12,14,16,18,22,26,28,34-35,37,39,43-44,47H,1,8-10,13H2,2-6H3,(H,36,42)(H,40,41)/b24-12-,25-11-/t14?,16-,18+,22-,26+,28+,32-,38?/m1/s1. The summed E-state index contributed by atoms with van der Waals surface area (Å²) in [6.45, 7) is 13.5. The van der Waals surface area contributed by atoms with Crippen LogP contribution in [-0.4, -0.2) is 71.3 Å². The molecule has 8 N–H and O–H groups in total. The van der Waals surface area contributed by atoms with Crippen molar-refractivity contribution in [2.45, 2.75) is 89.3 Å². The van der Waals surface area contributed by atoms with Crippen LogP contribution in [0.5, 0.6) is 0 Å². The van der Waals surface area contributed by atoms with Crippen LogP contribution in [0.2, 0.25) is 0 Å². The number of allylic oxidation sites excluding steroid dienone is 2. The van der Waals surface area contributed by atoms with Crippen LogP contribution >= 0.6 is 12.6 Å². The minimum Gasteiger partial charge on any atom is -0.495 e. The number of hydrogen-bond donors (Lipinski definition) is 9. The number of aliphatic carboxylic acids is 1. The minimum atomic E-state index is -1.89. The van der Waals surface area contributed by atoms with E-state index in [0.717, 1.165) is 33.7 Å². The van der Waals surface area contributed by atoms with Gasteiger partial charge < -0.3 is 36.0 Å². The number of amides is 1. The van der Waals surface area contributed by atoms with E-state index in [2.05, 4.69) is 40.3 Å². The summed E-state index contributed by atoms with van der Waals surface area (Å²) in [4.78, 5) is 37.2. The highest BCUT2D eigenvalue weighted by molar-refractivity contribution is 7.80. The van der Waals surface area contributed by atoms with E-state index in [9.17, 15) is 30.0 Å². The molecule has 1 amide bonds. The average molecular weight is 670 g/mol. The molecule has 254 valence electrons. The maximum absolute atomic E-state index is 12.7. The first-order chi connectivity index (χ1) is 22.1. The number of aliphatic hydroxyl groups excluding tert-OH is 2. The Hall–Kier alpha value is -3.53. The lowest BCUT2D eigenvalue weighted by molar-refractivity contribution is -0.137. The van der Waals surface area contributed by atoms with E-state index in [1.54, 1.807) is 6.08 Å². The van der Waals surface area contributed by atoms with Crippen molar-refractivity contribution in [1.82, 2.24) is 26.1 Å². The molecule has 5 aliphatic rings.